The van der Waals surface area contributed by atoms with Crippen molar-refractivity contribution in [2.75, 3.05) is 18.5 Å². The van der Waals surface area contributed by atoms with Crippen LogP contribution in [0.1, 0.15) is 12.8 Å². The van der Waals surface area contributed by atoms with Gasteiger partial charge in [-0.1, -0.05) is 12.2 Å². The van der Waals surface area contributed by atoms with Gasteiger partial charge in [0, 0.05) is 18.9 Å². The van der Waals surface area contributed by atoms with E-state index in [1.807, 2.05) is 0 Å². The summed E-state index contributed by atoms with van der Waals surface area (Å²) in [5.74, 6) is 0.600. The Kier molecular flexibility index (Phi) is 3.49. The lowest BCUT2D eigenvalue weighted by molar-refractivity contribution is -0.119. The number of anilines is 1. The Hall–Kier alpha value is -1.75. The Morgan fingerprint density at radius 1 is 1.53 bits per heavy atom. The van der Waals surface area contributed by atoms with Crippen LogP contribution < -0.4 is 10.2 Å². The molecule has 1 N–H and O–H groups in total. The van der Waals surface area contributed by atoms with Crippen molar-refractivity contribution in [2.45, 2.75) is 18.9 Å². The van der Waals surface area contributed by atoms with Gasteiger partial charge in [-0.05, 0) is 19.9 Å². The highest BCUT2D eigenvalue weighted by atomic mass is 16.2. The largest absolute Gasteiger partial charge is 0.306 e. The molecule has 1 aromatic heterocycles. The Morgan fingerprint density at radius 3 is 3.00 bits per heavy atom. The molecule has 1 aliphatic heterocycles. The number of carbonyl (C=O) groups excluding carboxylic acids is 1. The molecular formula is C12H16N4O. The SMILES string of the molecule is C=C1CCCN(c2cnccn2)C(=O)C1NC. The molecule has 0 aromatic carbocycles. The third kappa shape index (κ3) is 2.34. The summed E-state index contributed by atoms with van der Waals surface area (Å²) in [5.41, 5.74) is 0.934. The Morgan fingerprint density at radius 2 is 2.35 bits per heavy atom. The van der Waals surface area contributed by atoms with Gasteiger partial charge in [0.1, 0.15) is 6.04 Å². The summed E-state index contributed by atoms with van der Waals surface area (Å²) in [6.07, 6.45) is 6.56. The molecule has 0 bridgehead atoms. The first kappa shape index (κ1) is 11.7. The first-order valence-electron chi connectivity index (χ1n) is 5.66. The Labute approximate surface area is 101 Å². The van der Waals surface area contributed by atoms with E-state index in [1.54, 1.807) is 30.5 Å². The molecule has 5 heteroatoms. The molecule has 1 aromatic rings. The van der Waals surface area contributed by atoms with Gasteiger partial charge in [0.05, 0.1) is 6.20 Å². The van der Waals surface area contributed by atoms with Crippen molar-refractivity contribution in [3.05, 3.63) is 30.7 Å². The fraction of sp³-hybridized carbons (Fsp3) is 0.417. The fourth-order valence-electron chi connectivity index (χ4n) is 2.03. The van der Waals surface area contributed by atoms with Crippen molar-refractivity contribution in [3.63, 3.8) is 0 Å². The number of nitrogens with zero attached hydrogens (tertiary/aromatic N) is 3. The van der Waals surface area contributed by atoms with Gasteiger partial charge in [-0.2, -0.15) is 0 Å². The number of carbonyl (C=O) groups is 1. The van der Waals surface area contributed by atoms with Crippen LogP contribution in [0.5, 0.6) is 0 Å². The van der Waals surface area contributed by atoms with E-state index >= 15 is 0 Å². The zero-order chi connectivity index (χ0) is 12.3. The van der Waals surface area contributed by atoms with Crippen molar-refractivity contribution in [1.29, 1.82) is 0 Å². The minimum Gasteiger partial charge on any atom is -0.306 e. The minimum atomic E-state index is -0.320. The number of hydrogen-bond acceptors (Lipinski definition) is 4. The lowest BCUT2D eigenvalue weighted by Crippen LogP contribution is -2.45. The number of rotatable bonds is 2. The molecule has 1 amide bonds. The van der Waals surface area contributed by atoms with E-state index in [4.69, 9.17) is 0 Å². The van der Waals surface area contributed by atoms with Gasteiger partial charge in [0.15, 0.2) is 5.82 Å². The summed E-state index contributed by atoms with van der Waals surface area (Å²) in [6.45, 7) is 4.62. The predicted molar refractivity (Wildman–Crippen MR) is 65.6 cm³/mol. The van der Waals surface area contributed by atoms with Crippen LogP contribution >= 0.6 is 0 Å². The quantitative estimate of drug-likeness (QED) is 0.764. The summed E-state index contributed by atoms with van der Waals surface area (Å²) >= 11 is 0. The number of aromatic nitrogens is 2. The third-order valence-electron chi connectivity index (χ3n) is 2.92. The highest BCUT2D eigenvalue weighted by molar-refractivity contribution is 5.98. The molecule has 1 fully saturated rings. The summed E-state index contributed by atoms with van der Waals surface area (Å²) < 4.78 is 0. The maximum Gasteiger partial charge on any atom is 0.249 e. The molecule has 0 saturated carbocycles. The highest BCUT2D eigenvalue weighted by Crippen LogP contribution is 2.20. The molecule has 2 rings (SSSR count). The number of nitrogens with one attached hydrogen (secondary N) is 1. The Balaban J connectivity index is 2.28. The standard InChI is InChI=1S/C12H16N4O/c1-9-4-3-7-16(12(17)11(9)13-2)10-8-14-5-6-15-10/h5-6,8,11,13H,1,3-4,7H2,2H3. The molecular weight excluding hydrogens is 216 g/mol. The van der Waals surface area contributed by atoms with Crippen molar-refractivity contribution < 1.29 is 4.79 Å². The van der Waals surface area contributed by atoms with Gasteiger partial charge in [0.25, 0.3) is 0 Å². The molecule has 0 spiro atoms. The summed E-state index contributed by atoms with van der Waals surface area (Å²) in [7, 11) is 1.77. The molecule has 17 heavy (non-hydrogen) atoms. The first-order chi connectivity index (χ1) is 8.24. The second kappa shape index (κ2) is 5.05. The van der Waals surface area contributed by atoms with Crippen LogP contribution in [0.2, 0.25) is 0 Å². The molecule has 1 saturated heterocycles. The van der Waals surface area contributed by atoms with Gasteiger partial charge in [0.2, 0.25) is 5.91 Å². The smallest absolute Gasteiger partial charge is 0.249 e. The molecule has 2 heterocycles. The average molecular weight is 232 g/mol. The van der Waals surface area contributed by atoms with E-state index < -0.39 is 0 Å². The molecule has 1 unspecified atom stereocenters. The molecule has 90 valence electrons. The third-order valence-corrected chi connectivity index (χ3v) is 2.92. The van der Waals surface area contributed by atoms with Crippen LogP contribution in [0.25, 0.3) is 0 Å². The molecule has 0 aliphatic carbocycles. The topological polar surface area (TPSA) is 58.1 Å². The van der Waals surface area contributed by atoms with Gasteiger partial charge in [-0.25, -0.2) is 4.98 Å². The van der Waals surface area contributed by atoms with Gasteiger partial charge < -0.3 is 5.32 Å². The maximum absolute atomic E-state index is 12.3. The minimum absolute atomic E-state index is 0.00417. The van der Waals surface area contributed by atoms with Crippen molar-refractivity contribution in [1.82, 2.24) is 15.3 Å². The van der Waals surface area contributed by atoms with Gasteiger partial charge in [-0.15, -0.1) is 0 Å². The van der Waals surface area contributed by atoms with Crippen molar-refractivity contribution in [2.24, 2.45) is 0 Å². The number of amides is 1. The highest BCUT2D eigenvalue weighted by Gasteiger charge is 2.29. The lowest BCUT2D eigenvalue weighted by atomic mass is 10.1. The van der Waals surface area contributed by atoms with Gasteiger partial charge in [-0.3, -0.25) is 14.7 Å². The second-order valence-corrected chi connectivity index (χ2v) is 4.04. The zero-order valence-electron chi connectivity index (χ0n) is 9.89. The predicted octanol–water partition coefficient (Wildman–Crippen LogP) is 0.748. The summed E-state index contributed by atoms with van der Waals surface area (Å²) in [4.78, 5) is 22.2. The maximum atomic E-state index is 12.3. The molecule has 0 radical (unpaired) electrons. The number of hydrogen-bond donors (Lipinski definition) is 1. The van der Waals surface area contributed by atoms with E-state index in [1.165, 1.54) is 0 Å². The normalized spacial score (nSPS) is 21.5. The van der Waals surface area contributed by atoms with Crippen molar-refractivity contribution >= 4 is 11.7 Å². The monoisotopic (exact) mass is 232 g/mol. The summed E-state index contributed by atoms with van der Waals surface area (Å²) in [6, 6.07) is -0.320. The summed E-state index contributed by atoms with van der Waals surface area (Å²) in [5, 5.41) is 3.00. The van der Waals surface area contributed by atoms with Crippen LogP contribution in [0.3, 0.4) is 0 Å². The Bertz CT molecular complexity index is 418. The average Bonchev–Trinajstić information content (AvgIpc) is 2.49. The van der Waals surface area contributed by atoms with Crippen LogP contribution in [-0.4, -0.2) is 35.5 Å². The van der Waals surface area contributed by atoms with Gasteiger partial charge >= 0.3 is 0 Å². The van der Waals surface area contributed by atoms with Crippen LogP contribution in [0.4, 0.5) is 5.82 Å². The van der Waals surface area contributed by atoms with Crippen LogP contribution in [0, 0.1) is 0 Å². The van der Waals surface area contributed by atoms with E-state index in [2.05, 4.69) is 21.9 Å². The van der Waals surface area contributed by atoms with E-state index in [-0.39, 0.29) is 11.9 Å². The van der Waals surface area contributed by atoms with Crippen LogP contribution in [0.15, 0.2) is 30.7 Å². The van der Waals surface area contributed by atoms with E-state index in [0.717, 1.165) is 18.4 Å². The zero-order valence-corrected chi connectivity index (χ0v) is 9.89. The second-order valence-electron chi connectivity index (χ2n) is 4.04. The first-order valence-corrected chi connectivity index (χ1v) is 5.66. The number of likely N-dealkylation sites (N-methyl/N-ethyl adjacent to an activating group) is 1. The van der Waals surface area contributed by atoms with Crippen molar-refractivity contribution in [3.8, 4) is 0 Å². The van der Waals surface area contributed by atoms with E-state index in [0.29, 0.717) is 12.4 Å². The molecule has 5 nitrogen and oxygen atoms in total. The van der Waals surface area contributed by atoms with E-state index in [9.17, 15) is 4.79 Å². The molecule has 1 aliphatic rings. The lowest BCUT2D eigenvalue weighted by Gasteiger charge is -2.23. The molecule has 1 atom stereocenters. The fourth-order valence-corrected chi connectivity index (χ4v) is 2.03. The van der Waals surface area contributed by atoms with Crippen LogP contribution in [-0.2, 0) is 4.79 Å².